The van der Waals surface area contributed by atoms with E-state index < -0.39 is 0 Å². The van der Waals surface area contributed by atoms with E-state index in [1.807, 2.05) is 0 Å². The van der Waals surface area contributed by atoms with Crippen molar-refractivity contribution < 1.29 is 21.5 Å². The third kappa shape index (κ3) is 14.8. The summed E-state index contributed by atoms with van der Waals surface area (Å²) in [5.74, 6) is 0.896. The van der Waals surface area contributed by atoms with E-state index >= 15 is 0 Å². The number of imidazole rings is 1. The Kier molecular flexibility index (Phi) is 17.9. The van der Waals surface area contributed by atoms with Gasteiger partial charge >= 0.3 is 0 Å². The Balaban J connectivity index is 0.00000625. The molecular formula is C23H45BrN2. The van der Waals surface area contributed by atoms with Gasteiger partial charge in [0.05, 0.1) is 13.6 Å². The Morgan fingerprint density at radius 3 is 1.77 bits per heavy atom. The van der Waals surface area contributed by atoms with Crippen molar-refractivity contribution >= 4 is 0 Å². The van der Waals surface area contributed by atoms with Crippen molar-refractivity contribution in [3.05, 3.63) is 18.7 Å². The second-order valence-electron chi connectivity index (χ2n) is 8.24. The molecule has 1 atom stereocenters. The number of hydrogen-bond donors (Lipinski definition) is 0. The summed E-state index contributed by atoms with van der Waals surface area (Å²) in [5.41, 5.74) is 0. The van der Waals surface area contributed by atoms with Gasteiger partial charge < -0.3 is 17.0 Å². The van der Waals surface area contributed by atoms with Crippen molar-refractivity contribution in [3.63, 3.8) is 0 Å². The Hall–Kier alpha value is -0.310. The third-order valence-corrected chi connectivity index (χ3v) is 5.49. The zero-order chi connectivity index (χ0) is 18.2. The van der Waals surface area contributed by atoms with Crippen LogP contribution in [0.15, 0.2) is 18.7 Å². The lowest BCUT2D eigenvalue weighted by Gasteiger charge is -2.10. The molecule has 0 saturated carbocycles. The van der Waals surface area contributed by atoms with Gasteiger partial charge in [-0.1, -0.05) is 97.3 Å². The first-order valence-corrected chi connectivity index (χ1v) is 11.2. The molecule has 0 fully saturated rings. The van der Waals surface area contributed by atoms with Gasteiger partial charge in [-0.3, -0.25) is 0 Å². The molecule has 0 aromatic carbocycles. The average molecular weight is 430 g/mol. The molecule has 0 spiro atoms. The Morgan fingerprint density at radius 2 is 1.27 bits per heavy atom. The van der Waals surface area contributed by atoms with Gasteiger partial charge in [-0.25, -0.2) is 9.13 Å². The predicted molar refractivity (Wildman–Crippen MR) is 110 cm³/mol. The van der Waals surface area contributed by atoms with Gasteiger partial charge in [0.25, 0.3) is 0 Å². The molecule has 0 amide bonds. The van der Waals surface area contributed by atoms with Gasteiger partial charge in [0, 0.05) is 0 Å². The fourth-order valence-electron chi connectivity index (χ4n) is 3.73. The van der Waals surface area contributed by atoms with Crippen LogP contribution in [0.5, 0.6) is 0 Å². The fourth-order valence-corrected chi connectivity index (χ4v) is 3.73. The standard InChI is InChI=1S/C23H45N2.BrH/c1-4-5-6-7-8-9-10-11-12-13-14-15-17-23(2)18-16-19-25-21-20-24(3)22-25;/h20-23H,4-19H2,1-3H3;1H/q+1;/p-1/t23-;/m0./s1. The maximum Gasteiger partial charge on any atom is 0.243 e. The largest absolute Gasteiger partial charge is 1.00 e. The maximum absolute atomic E-state index is 2.44. The summed E-state index contributed by atoms with van der Waals surface area (Å²) in [6.45, 7) is 5.91. The summed E-state index contributed by atoms with van der Waals surface area (Å²) >= 11 is 0. The Bertz CT molecular complexity index is 403. The van der Waals surface area contributed by atoms with Crippen molar-refractivity contribution in [2.45, 2.75) is 117 Å². The van der Waals surface area contributed by atoms with E-state index in [0.717, 1.165) is 5.92 Å². The highest BCUT2D eigenvalue weighted by Crippen LogP contribution is 2.17. The molecule has 0 radical (unpaired) electrons. The molecule has 1 heterocycles. The molecule has 1 rings (SSSR count). The number of aromatic nitrogens is 2. The molecule has 0 unspecified atom stereocenters. The maximum atomic E-state index is 2.44. The summed E-state index contributed by atoms with van der Waals surface area (Å²) in [6, 6.07) is 0. The van der Waals surface area contributed by atoms with Gasteiger partial charge in [0.15, 0.2) is 0 Å². The molecule has 154 valence electrons. The predicted octanol–water partition coefficient (Wildman–Crippen LogP) is 3.82. The number of unbranched alkanes of at least 4 members (excludes halogenated alkanes) is 11. The number of halogens is 1. The van der Waals surface area contributed by atoms with Gasteiger partial charge in [-0.05, 0) is 18.8 Å². The van der Waals surface area contributed by atoms with Gasteiger partial charge in [-0.2, -0.15) is 0 Å². The number of hydrogen-bond acceptors (Lipinski definition) is 0. The van der Waals surface area contributed by atoms with Crippen LogP contribution in [-0.4, -0.2) is 4.57 Å². The smallest absolute Gasteiger partial charge is 0.243 e. The first-order chi connectivity index (χ1) is 12.2. The SMILES string of the molecule is CCCCCCCCCCCCCC[C@H](C)CCCn1cc[n+](C)c1.[Br-]. The molecule has 26 heavy (non-hydrogen) atoms. The normalized spacial score (nSPS) is 12.1. The molecule has 0 aliphatic rings. The van der Waals surface area contributed by atoms with E-state index in [1.165, 1.54) is 103 Å². The number of aryl methyl sites for hydroxylation is 2. The molecule has 0 aliphatic heterocycles. The van der Waals surface area contributed by atoms with Gasteiger partial charge in [0.1, 0.15) is 12.4 Å². The van der Waals surface area contributed by atoms with E-state index in [0.29, 0.717) is 0 Å². The van der Waals surface area contributed by atoms with Crippen molar-refractivity contribution in [2.75, 3.05) is 0 Å². The molecule has 0 aliphatic carbocycles. The summed E-state index contributed by atoms with van der Waals surface area (Å²) < 4.78 is 4.42. The van der Waals surface area contributed by atoms with E-state index in [2.05, 4.69) is 48.8 Å². The minimum atomic E-state index is 0. The molecule has 0 saturated heterocycles. The van der Waals surface area contributed by atoms with E-state index in [-0.39, 0.29) is 17.0 Å². The van der Waals surface area contributed by atoms with Crippen LogP contribution >= 0.6 is 0 Å². The van der Waals surface area contributed by atoms with Crippen LogP contribution in [0.1, 0.15) is 110 Å². The van der Waals surface area contributed by atoms with Crippen molar-refractivity contribution in [1.82, 2.24) is 4.57 Å². The van der Waals surface area contributed by atoms with Crippen molar-refractivity contribution in [2.24, 2.45) is 13.0 Å². The van der Waals surface area contributed by atoms with Crippen molar-refractivity contribution in [1.29, 1.82) is 0 Å². The van der Waals surface area contributed by atoms with Crippen molar-refractivity contribution in [3.8, 4) is 0 Å². The zero-order valence-electron chi connectivity index (χ0n) is 17.9. The van der Waals surface area contributed by atoms with Crippen LogP contribution in [0.3, 0.4) is 0 Å². The first-order valence-electron chi connectivity index (χ1n) is 11.2. The van der Waals surface area contributed by atoms with Gasteiger partial charge in [0.2, 0.25) is 6.33 Å². The first kappa shape index (κ1) is 25.7. The summed E-state index contributed by atoms with van der Waals surface area (Å²) in [4.78, 5) is 0. The highest BCUT2D eigenvalue weighted by molar-refractivity contribution is 4.66. The van der Waals surface area contributed by atoms with E-state index in [1.54, 1.807) is 0 Å². The van der Waals surface area contributed by atoms with E-state index in [9.17, 15) is 0 Å². The van der Waals surface area contributed by atoms with Crippen LogP contribution in [-0.2, 0) is 13.6 Å². The lowest BCUT2D eigenvalue weighted by atomic mass is 9.97. The lowest BCUT2D eigenvalue weighted by molar-refractivity contribution is -0.671. The highest BCUT2D eigenvalue weighted by Gasteiger charge is 2.04. The molecule has 0 N–H and O–H groups in total. The minimum absolute atomic E-state index is 0. The molecule has 1 aromatic rings. The minimum Gasteiger partial charge on any atom is -1.00 e. The fraction of sp³-hybridized carbons (Fsp3) is 0.870. The Labute approximate surface area is 174 Å². The number of nitrogens with zero attached hydrogens (tertiary/aromatic N) is 2. The molecule has 1 aromatic heterocycles. The summed E-state index contributed by atoms with van der Waals surface area (Å²) in [5, 5.41) is 0. The summed E-state index contributed by atoms with van der Waals surface area (Å²) in [7, 11) is 2.09. The monoisotopic (exact) mass is 428 g/mol. The van der Waals surface area contributed by atoms with Crippen LogP contribution < -0.4 is 21.5 Å². The number of rotatable bonds is 17. The van der Waals surface area contributed by atoms with Crippen LogP contribution in [0.2, 0.25) is 0 Å². The van der Waals surface area contributed by atoms with Gasteiger partial charge in [-0.15, -0.1) is 0 Å². The average Bonchev–Trinajstić information content (AvgIpc) is 3.01. The second-order valence-corrected chi connectivity index (χ2v) is 8.24. The quantitative estimate of drug-likeness (QED) is 0.263. The second kappa shape index (κ2) is 18.1. The highest BCUT2D eigenvalue weighted by atomic mass is 79.9. The molecular weight excluding hydrogens is 384 g/mol. The Morgan fingerprint density at radius 1 is 0.769 bits per heavy atom. The zero-order valence-corrected chi connectivity index (χ0v) is 19.5. The molecule has 2 nitrogen and oxygen atoms in total. The molecule has 0 bridgehead atoms. The van der Waals surface area contributed by atoms with Crippen LogP contribution in [0.25, 0.3) is 0 Å². The lowest BCUT2D eigenvalue weighted by Crippen LogP contribution is -3.00. The van der Waals surface area contributed by atoms with Crippen LogP contribution in [0.4, 0.5) is 0 Å². The topological polar surface area (TPSA) is 8.81 Å². The van der Waals surface area contributed by atoms with E-state index in [4.69, 9.17) is 0 Å². The van der Waals surface area contributed by atoms with Crippen LogP contribution in [0, 0.1) is 5.92 Å². The summed E-state index contributed by atoms with van der Waals surface area (Å²) in [6.07, 6.45) is 28.0. The third-order valence-electron chi connectivity index (χ3n) is 5.49. The molecule has 3 heteroatoms.